The molecule has 0 atom stereocenters. The molecule has 1 aromatic carbocycles. The Kier molecular flexibility index (Phi) is 3.18. The van der Waals surface area contributed by atoms with Gasteiger partial charge in [0, 0.05) is 11.1 Å². The van der Waals surface area contributed by atoms with Crippen LogP contribution in [0.5, 0.6) is 0 Å². The van der Waals surface area contributed by atoms with Crippen molar-refractivity contribution in [1.82, 2.24) is 4.98 Å². The molecule has 0 amide bonds. The Morgan fingerprint density at radius 1 is 0.833 bits per heavy atom. The van der Waals surface area contributed by atoms with Crippen molar-refractivity contribution < 1.29 is 0 Å². The van der Waals surface area contributed by atoms with E-state index >= 15 is 0 Å². The SMILES string of the molecule is Cc1cc2nc(C(C)C)c(C)c(C)c2c(C)c1C. The maximum atomic E-state index is 4.90. The summed E-state index contributed by atoms with van der Waals surface area (Å²) in [6.07, 6.45) is 0. The van der Waals surface area contributed by atoms with Gasteiger partial charge in [0.2, 0.25) is 0 Å². The molecule has 2 rings (SSSR count). The van der Waals surface area contributed by atoms with E-state index in [1.54, 1.807) is 0 Å². The lowest BCUT2D eigenvalue weighted by atomic mass is 9.92. The van der Waals surface area contributed by atoms with Crippen LogP contribution in [-0.4, -0.2) is 4.98 Å². The van der Waals surface area contributed by atoms with Gasteiger partial charge in [-0.25, -0.2) is 0 Å². The van der Waals surface area contributed by atoms with Crippen LogP contribution in [0.2, 0.25) is 0 Å². The van der Waals surface area contributed by atoms with Crippen molar-refractivity contribution in [2.45, 2.75) is 54.4 Å². The van der Waals surface area contributed by atoms with Gasteiger partial charge >= 0.3 is 0 Å². The van der Waals surface area contributed by atoms with Crippen LogP contribution in [0.25, 0.3) is 10.9 Å². The first-order valence-electron chi connectivity index (χ1n) is 6.72. The topological polar surface area (TPSA) is 12.9 Å². The van der Waals surface area contributed by atoms with E-state index in [0.29, 0.717) is 5.92 Å². The summed E-state index contributed by atoms with van der Waals surface area (Å²) in [5.41, 5.74) is 9.25. The Morgan fingerprint density at radius 3 is 1.94 bits per heavy atom. The zero-order valence-corrected chi connectivity index (χ0v) is 12.6. The van der Waals surface area contributed by atoms with Crippen molar-refractivity contribution in [2.75, 3.05) is 0 Å². The molecule has 0 aliphatic carbocycles. The number of rotatable bonds is 1. The van der Waals surface area contributed by atoms with Crippen LogP contribution >= 0.6 is 0 Å². The predicted molar refractivity (Wildman–Crippen MR) is 79.5 cm³/mol. The first kappa shape index (κ1) is 13.1. The highest BCUT2D eigenvalue weighted by atomic mass is 14.7. The lowest BCUT2D eigenvalue weighted by molar-refractivity contribution is 0.816. The highest BCUT2D eigenvalue weighted by Gasteiger charge is 2.14. The number of fused-ring (bicyclic) bond motifs is 1. The van der Waals surface area contributed by atoms with Gasteiger partial charge in [-0.15, -0.1) is 0 Å². The maximum Gasteiger partial charge on any atom is 0.0713 e. The fourth-order valence-electron chi connectivity index (χ4n) is 2.78. The molecule has 0 aliphatic rings. The van der Waals surface area contributed by atoms with Crippen LogP contribution in [0, 0.1) is 34.6 Å². The Bertz CT molecular complexity index is 622. The van der Waals surface area contributed by atoms with Crippen molar-refractivity contribution in [3.05, 3.63) is 39.6 Å². The van der Waals surface area contributed by atoms with Crippen LogP contribution in [0.4, 0.5) is 0 Å². The van der Waals surface area contributed by atoms with E-state index in [1.165, 1.54) is 38.9 Å². The minimum Gasteiger partial charge on any atom is -0.252 e. The molecule has 0 unspecified atom stereocenters. The van der Waals surface area contributed by atoms with E-state index < -0.39 is 0 Å². The molecule has 1 heteroatoms. The summed E-state index contributed by atoms with van der Waals surface area (Å²) in [6, 6.07) is 2.23. The van der Waals surface area contributed by atoms with Gasteiger partial charge < -0.3 is 0 Å². The fraction of sp³-hybridized carbons (Fsp3) is 0.471. The maximum absolute atomic E-state index is 4.90. The first-order chi connectivity index (χ1) is 8.34. The molecule has 0 saturated heterocycles. The molecule has 96 valence electrons. The Labute approximate surface area is 110 Å². The molecule has 1 aromatic heterocycles. The third-order valence-corrected chi connectivity index (χ3v) is 4.25. The minimum atomic E-state index is 0.481. The number of aryl methyl sites for hydroxylation is 3. The van der Waals surface area contributed by atoms with Gasteiger partial charge in [-0.1, -0.05) is 13.8 Å². The second kappa shape index (κ2) is 4.38. The zero-order chi connectivity index (χ0) is 13.6. The molecule has 1 heterocycles. The fourth-order valence-corrected chi connectivity index (χ4v) is 2.78. The van der Waals surface area contributed by atoms with Gasteiger partial charge in [0.05, 0.1) is 5.52 Å². The molecule has 0 N–H and O–H groups in total. The Hall–Kier alpha value is -1.37. The second-order valence-electron chi connectivity index (χ2n) is 5.74. The van der Waals surface area contributed by atoms with Crippen LogP contribution in [0.1, 0.15) is 53.3 Å². The van der Waals surface area contributed by atoms with Gasteiger partial charge in [0.15, 0.2) is 0 Å². The van der Waals surface area contributed by atoms with E-state index in [9.17, 15) is 0 Å². The number of benzene rings is 1. The van der Waals surface area contributed by atoms with Gasteiger partial charge in [0.25, 0.3) is 0 Å². The van der Waals surface area contributed by atoms with E-state index in [2.05, 4.69) is 54.5 Å². The van der Waals surface area contributed by atoms with Crippen molar-refractivity contribution in [1.29, 1.82) is 0 Å². The molecule has 1 nitrogen and oxygen atoms in total. The van der Waals surface area contributed by atoms with Gasteiger partial charge in [-0.3, -0.25) is 4.98 Å². The summed E-state index contributed by atoms with van der Waals surface area (Å²) in [5.74, 6) is 0.481. The van der Waals surface area contributed by atoms with Crippen molar-refractivity contribution >= 4 is 10.9 Å². The standard InChI is InChI=1S/C17H23N/c1-9(2)17-14(7)13(6)16-12(5)11(4)10(3)8-15(16)18-17/h8-9H,1-7H3. The molecule has 2 aromatic rings. The summed E-state index contributed by atoms with van der Waals surface area (Å²) < 4.78 is 0. The molecule has 0 aliphatic heterocycles. The summed E-state index contributed by atoms with van der Waals surface area (Å²) in [5, 5.41) is 1.35. The first-order valence-corrected chi connectivity index (χ1v) is 6.72. The highest BCUT2D eigenvalue weighted by Crippen LogP contribution is 2.31. The van der Waals surface area contributed by atoms with Crippen LogP contribution in [0.15, 0.2) is 6.07 Å². The molecule has 0 spiro atoms. The van der Waals surface area contributed by atoms with E-state index in [-0.39, 0.29) is 0 Å². The summed E-state index contributed by atoms with van der Waals surface area (Å²) in [7, 11) is 0. The number of nitrogens with zero attached hydrogens (tertiary/aromatic N) is 1. The number of hydrogen-bond donors (Lipinski definition) is 0. The predicted octanol–water partition coefficient (Wildman–Crippen LogP) is 4.90. The normalized spacial score (nSPS) is 11.6. The van der Waals surface area contributed by atoms with Gasteiger partial charge in [-0.2, -0.15) is 0 Å². The van der Waals surface area contributed by atoms with Crippen molar-refractivity contribution in [3.63, 3.8) is 0 Å². The average molecular weight is 241 g/mol. The molecule has 0 fully saturated rings. The number of pyridine rings is 1. The molecule has 0 radical (unpaired) electrons. The number of hydrogen-bond acceptors (Lipinski definition) is 1. The largest absolute Gasteiger partial charge is 0.252 e. The van der Waals surface area contributed by atoms with Gasteiger partial charge in [-0.05, 0) is 74.4 Å². The minimum absolute atomic E-state index is 0.481. The van der Waals surface area contributed by atoms with Crippen LogP contribution in [-0.2, 0) is 0 Å². The average Bonchev–Trinajstić information content (AvgIpc) is 2.30. The smallest absolute Gasteiger partial charge is 0.0713 e. The van der Waals surface area contributed by atoms with Gasteiger partial charge in [0.1, 0.15) is 0 Å². The van der Waals surface area contributed by atoms with Crippen LogP contribution in [0.3, 0.4) is 0 Å². The van der Waals surface area contributed by atoms with E-state index in [0.717, 1.165) is 5.52 Å². The molecular weight excluding hydrogens is 218 g/mol. The Balaban J connectivity index is 2.96. The Morgan fingerprint density at radius 2 is 1.39 bits per heavy atom. The monoisotopic (exact) mass is 241 g/mol. The quantitative estimate of drug-likeness (QED) is 0.692. The highest BCUT2D eigenvalue weighted by molar-refractivity contribution is 5.88. The zero-order valence-electron chi connectivity index (χ0n) is 12.6. The summed E-state index contributed by atoms with van der Waals surface area (Å²) in [4.78, 5) is 4.90. The third kappa shape index (κ3) is 1.82. The molecule has 0 bridgehead atoms. The second-order valence-corrected chi connectivity index (χ2v) is 5.74. The summed E-state index contributed by atoms with van der Waals surface area (Å²) in [6.45, 7) is 15.5. The molecule has 18 heavy (non-hydrogen) atoms. The molecular formula is C17H23N. The molecule has 0 saturated carbocycles. The third-order valence-electron chi connectivity index (χ3n) is 4.25. The van der Waals surface area contributed by atoms with E-state index in [1.807, 2.05) is 0 Å². The number of aromatic nitrogens is 1. The lowest BCUT2D eigenvalue weighted by Gasteiger charge is -2.17. The van der Waals surface area contributed by atoms with Crippen molar-refractivity contribution in [2.24, 2.45) is 0 Å². The lowest BCUT2D eigenvalue weighted by Crippen LogP contribution is -2.03. The van der Waals surface area contributed by atoms with Crippen molar-refractivity contribution in [3.8, 4) is 0 Å². The van der Waals surface area contributed by atoms with E-state index in [4.69, 9.17) is 4.98 Å². The van der Waals surface area contributed by atoms with Crippen LogP contribution < -0.4 is 0 Å². The summed E-state index contributed by atoms with van der Waals surface area (Å²) >= 11 is 0.